The predicted octanol–water partition coefficient (Wildman–Crippen LogP) is -1.10. The minimum Gasteiger partial charge on any atom is -0.387 e. The average molecular weight is 375 g/mol. The van der Waals surface area contributed by atoms with Crippen LogP contribution in [0.15, 0.2) is 6.33 Å². The molecule has 5 N–H and O–H groups in total. The van der Waals surface area contributed by atoms with Crippen LogP contribution in [0.25, 0.3) is 11.2 Å². The summed E-state index contributed by atoms with van der Waals surface area (Å²) in [4.78, 5) is 30.2. The molecule has 3 rings (SSSR count). The second-order valence-corrected chi connectivity index (χ2v) is 6.77. The van der Waals surface area contributed by atoms with E-state index in [0.29, 0.717) is 22.8 Å². The highest BCUT2D eigenvalue weighted by molar-refractivity contribution is 7.46. The van der Waals surface area contributed by atoms with E-state index in [4.69, 9.17) is 14.5 Å². The highest BCUT2D eigenvalue weighted by Gasteiger charge is 2.45. The summed E-state index contributed by atoms with van der Waals surface area (Å²) in [5, 5.41) is 23.2. The van der Waals surface area contributed by atoms with Gasteiger partial charge in [-0.25, -0.2) is 19.5 Å². The van der Waals surface area contributed by atoms with E-state index < -0.39 is 39.0 Å². The number of aliphatic hydroxyl groups is 2. The first kappa shape index (κ1) is 18.1. The van der Waals surface area contributed by atoms with Crippen molar-refractivity contribution in [1.29, 1.82) is 0 Å². The summed E-state index contributed by atoms with van der Waals surface area (Å²) in [7, 11) is -3.04. The van der Waals surface area contributed by atoms with Crippen molar-refractivity contribution in [1.82, 2.24) is 19.5 Å². The monoisotopic (exact) mass is 375 g/mol. The zero-order valence-corrected chi connectivity index (χ0v) is 14.2. The fourth-order valence-corrected chi connectivity index (χ4v) is 2.99. The maximum absolute atomic E-state index is 10.8. The summed E-state index contributed by atoms with van der Waals surface area (Å²) < 4.78 is 22.1. The molecule has 0 saturated carbocycles. The van der Waals surface area contributed by atoms with Crippen molar-refractivity contribution in [3.63, 3.8) is 0 Å². The van der Waals surface area contributed by atoms with E-state index in [2.05, 4.69) is 24.8 Å². The van der Waals surface area contributed by atoms with Crippen molar-refractivity contribution in [3.05, 3.63) is 12.2 Å². The molecule has 1 aliphatic rings. The molecule has 0 amide bonds. The van der Waals surface area contributed by atoms with Crippen LogP contribution in [0.1, 0.15) is 12.1 Å². The van der Waals surface area contributed by atoms with E-state index in [-0.39, 0.29) is 0 Å². The van der Waals surface area contributed by atoms with Crippen LogP contribution in [-0.4, -0.2) is 71.5 Å². The molecule has 0 bridgehead atoms. The maximum atomic E-state index is 10.8. The first-order valence-electron chi connectivity index (χ1n) is 7.32. The summed E-state index contributed by atoms with van der Waals surface area (Å²) in [6, 6.07) is 0. The summed E-state index contributed by atoms with van der Waals surface area (Å²) >= 11 is 0. The van der Waals surface area contributed by atoms with Crippen LogP contribution < -0.4 is 5.32 Å². The lowest BCUT2D eigenvalue weighted by atomic mass is 10.1. The number of aryl methyl sites for hydroxylation is 1. The van der Waals surface area contributed by atoms with Gasteiger partial charge >= 0.3 is 7.82 Å². The minimum absolute atomic E-state index is 0.379. The fourth-order valence-electron chi connectivity index (χ4n) is 2.65. The number of aliphatic hydroxyl groups excluding tert-OH is 2. The Balaban J connectivity index is 1.90. The van der Waals surface area contributed by atoms with Gasteiger partial charge < -0.3 is 30.1 Å². The highest BCUT2D eigenvalue weighted by Crippen LogP contribution is 2.38. The Morgan fingerprint density at radius 2 is 2.08 bits per heavy atom. The molecule has 1 aliphatic heterocycles. The summed E-state index contributed by atoms with van der Waals surface area (Å²) in [6.07, 6.45) is -3.56. The van der Waals surface area contributed by atoms with Crippen molar-refractivity contribution in [2.75, 3.05) is 19.0 Å². The van der Waals surface area contributed by atoms with Gasteiger partial charge in [0.15, 0.2) is 23.2 Å². The van der Waals surface area contributed by atoms with Crippen LogP contribution in [-0.2, 0) is 13.8 Å². The second kappa shape index (κ2) is 6.57. The molecular weight excluding hydrogens is 357 g/mol. The zero-order valence-electron chi connectivity index (χ0n) is 13.3. The number of ether oxygens (including phenoxy) is 1. The molecule has 0 spiro atoms. The third kappa shape index (κ3) is 3.51. The number of fused-ring (bicyclic) bond motifs is 1. The van der Waals surface area contributed by atoms with Gasteiger partial charge in [-0.3, -0.25) is 9.09 Å². The molecule has 1 fully saturated rings. The van der Waals surface area contributed by atoms with Gasteiger partial charge in [-0.15, -0.1) is 0 Å². The smallest absolute Gasteiger partial charge is 0.387 e. The molecular formula is C12H18N5O7P. The third-order valence-corrected chi connectivity index (χ3v) is 4.27. The number of hydrogen-bond donors (Lipinski definition) is 5. The van der Waals surface area contributed by atoms with Crippen molar-refractivity contribution in [2.24, 2.45) is 0 Å². The largest absolute Gasteiger partial charge is 0.469 e. The molecule has 1 saturated heterocycles. The lowest BCUT2D eigenvalue weighted by molar-refractivity contribution is -0.0504. The number of phosphoric ester groups is 1. The Hall–Kier alpha value is -1.66. The number of imidazole rings is 1. The number of nitrogens with one attached hydrogen (secondary N) is 1. The van der Waals surface area contributed by atoms with Gasteiger partial charge in [0.05, 0.1) is 12.9 Å². The van der Waals surface area contributed by atoms with Gasteiger partial charge in [-0.2, -0.15) is 0 Å². The topological polar surface area (TPSA) is 172 Å². The lowest BCUT2D eigenvalue weighted by Gasteiger charge is -2.16. The highest BCUT2D eigenvalue weighted by atomic mass is 31.2. The maximum Gasteiger partial charge on any atom is 0.469 e. The lowest BCUT2D eigenvalue weighted by Crippen LogP contribution is -2.33. The van der Waals surface area contributed by atoms with Gasteiger partial charge in [-0.1, -0.05) is 0 Å². The number of nitrogens with zero attached hydrogens (tertiary/aromatic N) is 4. The van der Waals surface area contributed by atoms with Crippen LogP contribution >= 0.6 is 7.82 Å². The first-order chi connectivity index (χ1) is 11.7. The fraction of sp³-hybridized carbons (Fsp3) is 0.583. The molecule has 25 heavy (non-hydrogen) atoms. The van der Waals surface area contributed by atoms with E-state index in [9.17, 15) is 14.8 Å². The summed E-state index contributed by atoms with van der Waals surface area (Å²) in [5.74, 6) is 0.962. The Morgan fingerprint density at radius 1 is 1.36 bits per heavy atom. The molecule has 3 heterocycles. The van der Waals surface area contributed by atoms with Crippen LogP contribution in [0.3, 0.4) is 0 Å². The summed E-state index contributed by atoms with van der Waals surface area (Å²) in [6.45, 7) is 1.11. The van der Waals surface area contributed by atoms with E-state index in [1.165, 1.54) is 10.9 Å². The Morgan fingerprint density at radius 3 is 2.72 bits per heavy atom. The quantitative estimate of drug-likeness (QED) is 0.402. The molecule has 0 radical (unpaired) electrons. The Labute approximate surface area is 141 Å². The summed E-state index contributed by atoms with van der Waals surface area (Å²) in [5.41, 5.74) is 0.831. The SMILES string of the molecule is CNc1nc(C)nc2c1ncn2[C@@H]1OC(COP(=O)(O)O)[C@@H](O)[C@H]1O. The van der Waals surface area contributed by atoms with Crippen molar-refractivity contribution >= 4 is 24.8 Å². The van der Waals surface area contributed by atoms with E-state index >= 15 is 0 Å². The van der Waals surface area contributed by atoms with Gasteiger partial charge in [0.25, 0.3) is 0 Å². The van der Waals surface area contributed by atoms with Crippen LogP contribution in [0.2, 0.25) is 0 Å². The zero-order chi connectivity index (χ0) is 18.4. The Kier molecular flexibility index (Phi) is 4.77. The van der Waals surface area contributed by atoms with Gasteiger partial charge in [-0.05, 0) is 6.92 Å². The second-order valence-electron chi connectivity index (χ2n) is 5.53. The van der Waals surface area contributed by atoms with Gasteiger partial charge in [0, 0.05) is 7.05 Å². The van der Waals surface area contributed by atoms with E-state index in [1.807, 2.05) is 0 Å². The number of rotatable bonds is 5. The Bertz CT molecular complexity index is 824. The van der Waals surface area contributed by atoms with Crippen LogP contribution in [0.4, 0.5) is 5.82 Å². The molecule has 13 heteroatoms. The molecule has 2 aromatic heterocycles. The number of anilines is 1. The van der Waals surface area contributed by atoms with Gasteiger partial charge in [0.1, 0.15) is 24.1 Å². The van der Waals surface area contributed by atoms with Crippen LogP contribution in [0.5, 0.6) is 0 Å². The predicted molar refractivity (Wildman–Crippen MR) is 83.5 cm³/mol. The average Bonchev–Trinajstić information content (AvgIpc) is 3.06. The first-order valence-corrected chi connectivity index (χ1v) is 8.85. The van der Waals surface area contributed by atoms with Crippen molar-refractivity contribution < 1.29 is 33.8 Å². The molecule has 12 nitrogen and oxygen atoms in total. The standard InChI is InChI=1S/C12H18N5O7P/c1-5-15-10(13-2)7-11(16-5)17(4-14-7)12-9(19)8(18)6(24-12)3-23-25(20,21)22/h4,6,8-9,12,18-19H,3H2,1-2H3,(H,13,15,16)(H2,20,21,22)/t6?,8-,9-,12-/m1/s1. The molecule has 2 aromatic rings. The molecule has 0 aliphatic carbocycles. The third-order valence-electron chi connectivity index (χ3n) is 3.79. The van der Waals surface area contributed by atoms with Crippen LogP contribution in [0, 0.1) is 6.92 Å². The normalized spacial score (nSPS) is 27.1. The van der Waals surface area contributed by atoms with Crippen molar-refractivity contribution in [2.45, 2.75) is 31.5 Å². The molecule has 4 atom stereocenters. The van der Waals surface area contributed by atoms with E-state index in [1.54, 1.807) is 14.0 Å². The molecule has 1 unspecified atom stereocenters. The minimum atomic E-state index is -4.72. The van der Waals surface area contributed by atoms with Gasteiger partial charge in [0.2, 0.25) is 0 Å². The van der Waals surface area contributed by atoms with E-state index in [0.717, 1.165) is 0 Å². The number of phosphoric acid groups is 1. The number of hydrogen-bond acceptors (Lipinski definition) is 9. The molecule has 138 valence electrons. The van der Waals surface area contributed by atoms with Crippen molar-refractivity contribution in [3.8, 4) is 0 Å². The number of aromatic nitrogens is 4. The molecule has 0 aromatic carbocycles.